The van der Waals surface area contributed by atoms with Gasteiger partial charge in [-0.1, -0.05) is 70.1 Å². The van der Waals surface area contributed by atoms with Crippen LogP contribution in [-0.4, -0.2) is 0 Å². The van der Waals surface area contributed by atoms with Gasteiger partial charge in [0.15, 0.2) is 0 Å². The number of nitrogens with one attached hydrogen (secondary N) is 1. The van der Waals surface area contributed by atoms with E-state index in [-0.39, 0.29) is 6.04 Å². The van der Waals surface area contributed by atoms with Crippen molar-refractivity contribution in [1.29, 1.82) is 0 Å². The number of benzene rings is 1. The summed E-state index contributed by atoms with van der Waals surface area (Å²) in [5.41, 5.74) is 5.06. The summed E-state index contributed by atoms with van der Waals surface area (Å²) in [7, 11) is 0. The number of hydrazine groups is 1. The van der Waals surface area contributed by atoms with Gasteiger partial charge in [0.2, 0.25) is 0 Å². The summed E-state index contributed by atoms with van der Waals surface area (Å²) >= 11 is 0. The molecule has 3 N–H and O–H groups in total. The lowest BCUT2D eigenvalue weighted by Crippen LogP contribution is -2.27. The van der Waals surface area contributed by atoms with Crippen LogP contribution in [0.4, 0.5) is 0 Å². The van der Waals surface area contributed by atoms with Crippen LogP contribution < -0.4 is 11.3 Å². The molecule has 21 heavy (non-hydrogen) atoms. The second-order valence-corrected chi connectivity index (χ2v) is 5.82. The topological polar surface area (TPSA) is 51.2 Å². The molecule has 1 heterocycles. The van der Waals surface area contributed by atoms with Gasteiger partial charge in [-0.25, -0.2) is 0 Å². The van der Waals surface area contributed by atoms with Crippen LogP contribution in [0.5, 0.6) is 0 Å². The number of unbranched alkanes of at least 4 members (excludes halogenated alkanes) is 6. The summed E-state index contributed by atoms with van der Waals surface area (Å²) in [6.45, 7) is 2.26. The van der Waals surface area contributed by atoms with Gasteiger partial charge in [-0.15, -0.1) is 0 Å². The van der Waals surface area contributed by atoms with E-state index in [4.69, 9.17) is 10.3 Å². The van der Waals surface area contributed by atoms with Crippen molar-refractivity contribution >= 4 is 11.0 Å². The molecule has 0 amide bonds. The fourth-order valence-electron chi connectivity index (χ4n) is 2.90. The molecular formula is C18H28N2O. The Morgan fingerprint density at radius 2 is 1.76 bits per heavy atom. The number of para-hydroxylation sites is 1. The summed E-state index contributed by atoms with van der Waals surface area (Å²) in [6.07, 6.45) is 12.2. The monoisotopic (exact) mass is 288 g/mol. The maximum Gasteiger partial charge on any atom is 0.134 e. The summed E-state index contributed by atoms with van der Waals surface area (Å²) in [5.74, 6) is 5.74. The SMILES string of the molecule is CCCCCCCCCC(NN)c1coc2ccccc12. The van der Waals surface area contributed by atoms with Crippen LogP contribution in [0.3, 0.4) is 0 Å². The first kappa shape index (κ1) is 16.1. The Morgan fingerprint density at radius 3 is 2.52 bits per heavy atom. The Kier molecular flexibility index (Phi) is 6.77. The van der Waals surface area contributed by atoms with Crippen molar-refractivity contribution in [3.63, 3.8) is 0 Å². The molecule has 116 valence electrons. The van der Waals surface area contributed by atoms with E-state index in [2.05, 4.69) is 18.4 Å². The maximum absolute atomic E-state index is 5.74. The number of fused-ring (bicyclic) bond motifs is 1. The normalized spacial score (nSPS) is 12.9. The van der Waals surface area contributed by atoms with Gasteiger partial charge in [-0.05, 0) is 12.5 Å². The van der Waals surface area contributed by atoms with Gasteiger partial charge in [0.25, 0.3) is 0 Å². The van der Waals surface area contributed by atoms with Crippen LogP contribution >= 0.6 is 0 Å². The van der Waals surface area contributed by atoms with Crippen LogP contribution in [0, 0.1) is 0 Å². The van der Waals surface area contributed by atoms with Crippen LogP contribution in [0.1, 0.15) is 69.9 Å². The second kappa shape index (κ2) is 8.85. The van der Waals surface area contributed by atoms with Crippen molar-refractivity contribution in [2.24, 2.45) is 5.84 Å². The van der Waals surface area contributed by atoms with E-state index in [9.17, 15) is 0 Å². The van der Waals surface area contributed by atoms with Crippen LogP contribution in [-0.2, 0) is 0 Å². The zero-order valence-electron chi connectivity index (χ0n) is 13.1. The molecular weight excluding hydrogens is 260 g/mol. The Bertz CT molecular complexity index is 521. The van der Waals surface area contributed by atoms with Crippen molar-refractivity contribution in [2.75, 3.05) is 0 Å². The molecule has 0 bridgehead atoms. The van der Waals surface area contributed by atoms with E-state index in [1.54, 1.807) is 0 Å². The molecule has 0 aliphatic carbocycles. The Hall–Kier alpha value is -1.32. The molecule has 1 unspecified atom stereocenters. The minimum atomic E-state index is 0.185. The van der Waals surface area contributed by atoms with Gasteiger partial charge in [-0.3, -0.25) is 11.3 Å². The van der Waals surface area contributed by atoms with Crippen LogP contribution in [0.15, 0.2) is 34.9 Å². The zero-order valence-corrected chi connectivity index (χ0v) is 13.1. The Balaban J connectivity index is 1.80. The number of hydrogen-bond acceptors (Lipinski definition) is 3. The van der Waals surface area contributed by atoms with Crippen molar-refractivity contribution in [1.82, 2.24) is 5.43 Å². The standard InChI is InChI=1S/C18H28N2O/c1-2-3-4-5-6-7-8-12-17(20-19)16-14-21-18-13-10-9-11-15(16)18/h9-11,13-14,17,20H,2-8,12,19H2,1H3. The summed E-state index contributed by atoms with van der Waals surface area (Å²) in [4.78, 5) is 0. The average Bonchev–Trinajstić information content (AvgIpc) is 2.94. The van der Waals surface area contributed by atoms with E-state index in [1.807, 2.05) is 24.5 Å². The third kappa shape index (κ3) is 4.58. The number of nitrogens with two attached hydrogens (primary N) is 1. The van der Waals surface area contributed by atoms with Crippen LogP contribution in [0.25, 0.3) is 11.0 Å². The van der Waals surface area contributed by atoms with E-state index in [0.717, 1.165) is 12.0 Å². The molecule has 0 saturated heterocycles. The molecule has 0 spiro atoms. The first-order valence-electron chi connectivity index (χ1n) is 8.29. The fourth-order valence-corrected chi connectivity index (χ4v) is 2.90. The van der Waals surface area contributed by atoms with Gasteiger partial charge < -0.3 is 4.42 Å². The first-order chi connectivity index (χ1) is 10.4. The highest BCUT2D eigenvalue weighted by molar-refractivity contribution is 5.81. The number of rotatable bonds is 10. The van der Waals surface area contributed by atoms with Crippen molar-refractivity contribution in [2.45, 2.75) is 64.3 Å². The average molecular weight is 288 g/mol. The van der Waals surface area contributed by atoms with E-state index in [1.165, 1.54) is 55.9 Å². The molecule has 3 nitrogen and oxygen atoms in total. The molecule has 1 aromatic carbocycles. The lowest BCUT2D eigenvalue weighted by Gasteiger charge is -2.14. The molecule has 0 aliphatic rings. The molecule has 3 heteroatoms. The lowest BCUT2D eigenvalue weighted by atomic mass is 9.99. The fraction of sp³-hybridized carbons (Fsp3) is 0.556. The minimum Gasteiger partial charge on any atom is -0.464 e. The van der Waals surface area contributed by atoms with Gasteiger partial charge >= 0.3 is 0 Å². The Labute approximate surface area is 127 Å². The smallest absolute Gasteiger partial charge is 0.134 e. The van der Waals surface area contributed by atoms with Crippen LogP contribution in [0.2, 0.25) is 0 Å². The molecule has 1 aromatic heterocycles. The summed E-state index contributed by atoms with van der Waals surface area (Å²) < 4.78 is 5.61. The first-order valence-corrected chi connectivity index (χ1v) is 8.29. The summed E-state index contributed by atoms with van der Waals surface area (Å²) in [6, 6.07) is 8.33. The van der Waals surface area contributed by atoms with Crippen molar-refractivity contribution in [3.8, 4) is 0 Å². The zero-order chi connectivity index (χ0) is 14.9. The van der Waals surface area contributed by atoms with E-state index >= 15 is 0 Å². The third-order valence-corrected chi connectivity index (χ3v) is 4.18. The van der Waals surface area contributed by atoms with Crippen molar-refractivity contribution in [3.05, 3.63) is 36.1 Å². The van der Waals surface area contributed by atoms with E-state index < -0.39 is 0 Å². The number of furan rings is 1. The quantitative estimate of drug-likeness (QED) is 0.364. The molecule has 2 rings (SSSR count). The largest absolute Gasteiger partial charge is 0.464 e. The molecule has 0 radical (unpaired) electrons. The number of hydrogen-bond donors (Lipinski definition) is 2. The maximum atomic E-state index is 5.74. The lowest BCUT2D eigenvalue weighted by molar-refractivity contribution is 0.471. The highest BCUT2D eigenvalue weighted by Gasteiger charge is 2.15. The van der Waals surface area contributed by atoms with Gasteiger partial charge in [0.1, 0.15) is 5.58 Å². The predicted molar refractivity (Wildman–Crippen MR) is 88.9 cm³/mol. The van der Waals surface area contributed by atoms with Gasteiger partial charge in [0, 0.05) is 17.0 Å². The minimum absolute atomic E-state index is 0.185. The van der Waals surface area contributed by atoms with Gasteiger partial charge in [0.05, 0.1) is 6.26 Å². The van der Waals surface area contributed by atoms with Gasteiger partial charge in [-0.2, -0.15) is 0 Å². The molecule has 0 aliphatic heterocycles. The third-order valence-electron chi connectivity index (χ3n) is 4.18. The molecule has 1 atom stereocenters. The van der Waals surface area contributed by atoms with Crippen molar-refractivity contribution < 1.29 is 4.42 Å². The highest BCUT2D eigenvalue weighted by Crippen LogP contribution is 2.29. The molecule has 0 fully saturated rings. The van der Waals surface area contributed by atoms with E-state index in [0.29, 0.717) is 0 Å². The molecule has 2 aromatic rings. The summed E-state index contributed by atoms with van der Waals surface area (Å²) in [5, 5.41) is 1.17. The predicted octanol–water partition coefficient (Wildman–Crippen LogP) is 5.08. The molecule has 0 saturated carbocycles. The highest BCUT2D eigenvalue weighted by atomic mass is 16.3. The Morgan fingerprint density at radius 1 is 1.05 bits per heavy atom. The second-order valence-electron chi connectivity index (χ2n) is 5.82.